The zero-order valence-corrected chi connectivity index (χ0v) is 11.0. The quantitative estimate of drug-likeness (QED) is 0.772. The minimum absolute atomic E-state index is 0.115. The van der Waals surface area contributed by atoms with E-state index in [1.165, 1.54) is 17.1 Å². The molecular weight excluding hydrogens is 234 g/mol. The summed E-state index contributed by atoms with van der Waals surface area (Å²) in [6.07, 6.45) is 3.81. The number of nitrogens with one attached hydrogen (secondary N) is 1. The van der Waals surface area contributed by atoms with E-state index in [9.17, 15) is 9.59 Å². The molecule has 1 heterocycles. The Labute approximate surface area is 106 Å². The lowest BCUT2D eigenvalue weighted by Gasteiger charge is -2.11. The summed E-state index contributed by atoms with van der Waals surface area (Å²) >= 11 is 0. The first-order valence-corrected chi connectivity index (χ1v) is 6.09. The number of hydrogen-bond donors (Lipinski definition) is 1. The van der Waals surface area contributed by atoms with E-state index in [4.69, 9.17) is 4.74 Å². The van der Waals surface area contributed by atoms with Crippen LogP contribution in [0.5, 0.6) is 0 Å². The average Bonchev–Trinajstić information content (AvgIpc) is 2.84. The van der Waals surface area contributed by atoms with Crippen molar-refractivity contribution >= 4 is 11.9 Å². The van der Waals surface area contributed by atoms with Gasteiger partial charge in [0.25, 0.3) is 0 Å². The molecule has 0 radical (unpaired) electrons. The first-order chi connectivity index (χ1) is 8.60. The molecule has 1 atom stereocenters. The predicted octanol–water partition coefficient (Wildman–Crippen LogP) is 1.15. The molecule has 0 aliphatic carbocycles. The topological polar surface area (TPSA) is 73.2 Å². The summed E-state index contributed by atoms with van der Waals surface area (Å²) in [5, 5.41) is 6.78. The number of carbonyl (C=O) groups excluding carboxylic acids is 2. The summed E-state index contributed by atoms with van der Waals surface area (Å²) in [5.41, 5.74) is 0.354. The highest BCUT2D eigenvalue weighted by Gasteiger charge is 2.17. The van der Waals surface area contributed by atoms with Crippen LogP contribution in [0.4, 0.5) is 0 Å². The van der Waals surface area contributed by atoms with E-state index in [1.54, 1.807) is 13.8 Å². The summed E-state index contributed by atoms with van der Waals surface area (Å²) in [5.74, 6) is -0.541. The van der Waals surface area contributed by atoms with Crippen LogP contribution >= 0.6 is 0 Å². The Morgan fingerprint density at radius 1 is 1.50 bits per heavy atom. The molecule has 6 heteroatoms. The molecule has 1 aromatic rings. The van der Waals surface area contributed by atoms with Gasteiger partial charge in [0.05, 0.1) is 18.4 Å². The Morgan fingerprint density at radius 3 is 2.83 bits per heavy atom. The number of amides is 1. The molecule has 1 amide bonds. The highest BCUT2D eigenvalue weighted by atomic mass is 16.5. The number of esters is 1. The van der Waals surface area contributed by atoms with Gasteiger partial charge in [0.2, 0.25) is 5.91 Å². The van der Waals surface area contributed by atoms with Crippen LogP contribution in [0, 0.1) is 0 Å². The Kier molecular flexibility index (Phi) is 5.35. The van der Waals surface area contributed by atoms with Gasteiger partial charge < -0.3 is 10.1 Å². The minimum atomic E-state index is -0.445. The second-order valence-electron chi connectivity index (χ2n) is 3.90. The van der Waals surface area contributed by atoms with E-state index in [0.717, 1.165) is 6.42 Å². The molecular formula is C12H19N3O3. The zero-order valence-electron chi connectivity index (χ0n) is 11.0. The van der Waals surface area contributed by atoms with Crippen LogP contribution in [-0.4, -0.2) is 34.8 Å². The molecule has 0 saturated carbocycles. The van der Waals surface area contributed by atoms with Crippen molar-refractivity contribution in [3.63, 3.8) is 0 Å². The largest absolute Gasteiger partial charge is 0.462 e. The first kappa shape index (κ1) is 14.2. The Bertz CT molecular complexity index is 414. The van der Waals surface area contributed by atoms with E-state index < -0.39 is 12.0 Å². The summed E-state index contributed by atoms with van der Waals surface area (Å²) in [6.45, 7) is 6.40. The molecule has 0 spiro atoms. The summed E-state index contributed by atoms with van der Waals surface area (Å²) in [6, 6.07) is -0.445. The summed E-state index contributed by atoms with van der Waals surface area (Å²) < 4.78 is 6.31. The number of carbonyl (C=O) groups is 2. The molecule has 6 nitrogen and oxygen atoms in total. The molecule has 0 fully saturated rings. The third-order valence-electron chi connectivity index (χ3n) is 2.44. The van der Waals surface area contributed by atoms with Gasteiger partial charge in [-0.3, -0.25) is 9.48 Å². The van der Waals surface area contributed by atoms with Gasteiger partial charge in [0.1, 0.15) is 6.04 Å². The average molecular weight is 253 g/mol. The lowest BCUT2D eigenvalue weighted by Crippen LogP contribution is -2.31. The van der Waals surface area contributed by atoms with Crippen molar-refractivity contribution < 1.29 is 14.3 Å². The fourth-order valence-electron chi connectivity index (χ4n) is 1.39. The predicted molar refractivity (Wildman–Crippen MR) is 66.2 cm³/mol. The van der Waals surface area contributed by atoms with Crippen LogP contribution in [0.25, 0.3) is 0 Å². The van der Waals surface area contributed by atoms with E-state index in [2.05, 4.69) is 10.4 Å². The zero-order chi connectivity index (χ0) is 13.5. The number of aromatic nitrogens is 2. The van der Waals surface area contributed by atoms with Gasteiger partial charge in [-0.2, -0.15) is 5.10 Å². The van der Waals surface area contributed by atoms with Crippen molar-refractivity contribution in [2.75, 3.05) is 13.2 Å². The van der Waals surface area contributed by atoms with Gasteiger partial charge in [0.15, 0.2) is 0 Å². The summed E-state index contributed by atoms with van der Waals surface area (Å²) in [7, 11) is 0. The molecule has 0 aromatic carbocycles. The third kappa shape index (κ3) is 3.58. The Balaban J connectivity index is 2.67. The van der Waals surface area contributed by atoms with Crippen LogP contribution in [0.15, 0.2) is 12.4 Å². The van der Waals surface area contributed by atoms with Crippen molar-refractivity contribution in [2.45, 2.75) is 33.2 Å². The highest BCUT2D eigenvalue weighted by molar-refractivity contribution is 5.89. The molecule has 1 rings (SSSR count). The first-order valence-electron chi connectivity index (χ1n) is 6.09. The van der Waals surface area contributed by atoms with Gasteiger partial charge in [-0.25, -0.2) is 4.79 Å². The second kappa shape index (κ2) is 6.78. The standard InChI is InChI=1S/C12H19N3O3/c1-4-6-13-11(16)9(3)15-8-10(7-14-15)12(17)18-5-2/h7-9H,4-6H2,1-3H3,(H,13,16). The second-order valence-corrected chi connectivity index (χ2v) is 3.90. The van der Waals surface area contributed by atoms with Crippen molar-refractivity contribution in [3.05, 3.63) is 18.0 Å². The molecule has 18 heavy (non-hydrogen) atoms. The monoisotopic (exact) mass is 253 g/mol. The van der Waals surface area contributed by atoms with Gasteiger partial charge >= 0.3 is 5.97 Å². The fraction of sp³-hybridized carbons (Fsp3) is 0.583. The maximum Gasteiger partial charge on any atom is 0.341 e. The lowest BCUT2D eigenvalue weighted by atomic mass is 10.3. The maximum atomic E-state index is 11.7. The van der Waals surface area contributed by atoms with Gasteiger partial charge in [-0.05, 0) is 20.3 Å². The fourth-order valence-corrected chi connectivity index (χ4v) is 1.39. The van der Waals surface area contributed by atoms with E-state index in [1.807, 2.05) is 6.92 Å². The van der Waals surface area contributed by atoms with Gasteiger partial charge in [0, 0.05) is 12.7 Å². The van der Waals surface area contributed by atoms with E-state index in [-0.39, 0.29) is 5.91 Å². The van der Waals surface area contributed by atoms with Crippen molar-refractivity contribution in [2.24, 2.45) is 0 Å². The van der Waals surface area contributed by atoms with E-state index >= 15 is 0 Å². The third-order valence-corrected chi connectivity index (χ3v) is 2.44. The van der Waals surface area contributed by atoms with Crippen LogP contribution in [0.2, 0.25) is 0 Å². The van der Waals surface area contributed by atoms with Gasteiger partial charge in [-0.15, -0.1) is 0 Å². The minimum Gasteiger partial charge on any atom is -0.462 e. The molecule has 100 valence electrons. The number of rotatable bonds is 6. The van der Waals surface area contributed by atoms with Crippen LogP contribution in [0.3, 0.4) is 0 Å². The molecule has 0 saturated heterocycles. The Morgan fingerprint density at radius 2 is 2.22 bits per heavy atom. The molecule has 1 aromatic heterocycles. The van der Waals surface area contributed by atoms with E-state index in [0.29, 0.717) is 18.7 Å². The number of hydrogen-bond acceptors (Lipinski definition) is 4. The lowest BCUT2D eigenvalue weighted by molar-refractivity contribution is -0.124. The maximum absolute atomic E-state index is 11.7. The summed E-state index contributed by atoms with van der Waals surface area (Å²) in [4.78, 5) is 23.2. The highest BCUT2D eigenvalue weighted by Crippen LogP contribution is 2.08. The number of ether oxygens (including phenoxy) is 1. The normalized spacial score (nSPS) is 11.9. The van der Waals surface area contributed by atoms with Crippen molar-refractivity contribution in [1.82, 2.24) is 15.1 Å². The molecule has 0 aliphatic heterocycles. The smallest absolute Gasteiger partial charge is 0.341 e. The molecule has 0 aliphatic rings. The van der Waals surface area contributed by atoms with Crippen LogP contribution in [-0.2, 0) is 9.53 Å². The molecule has 0 bridgehead atoms. The number of nitrogens with zero attached hydrogens (tertiary/aromatic N) is 2. The van der Waals surface area contributed by atoms with Gasteiger partial charge in [-0.1, -0.05) is 6.92 Å². The molecule has 1 N–H and O–H groups in total. The van der Waals surface area contributed by atoms with Crippen LogP contribution in [0.1, 0.15) is 43.6 Å². The molecule has 1 unspecified atom stereocenters. The van der Waals surface area contributed by atoms with Crippen molar-refractivity contribution in [1.29, 1.82) is 0 Å². The Hall–Kier alpha value is -1.85. The van der Waals surface area contributed by atoms with Crippen molar-refractivity contribution in [3.8, 4) is 0 Å². The SMILES string of the molecule is CCCNC(=O)C(C)n1cc(C(=O)OCC)cn1. The van der Waals surface area contributed by atoms with Crippen LogP contribution < -0.4 is 5.32 Å².